The zero-order valence-electron chi connectivity index (χ0n) is 10.7. The van der Waals surface area contributed by atoms with Crippen LogP contribution in [-0.2, 0) is 14.3 Å². The van der Waals surface area contributed by atoms with Gasteiger partial charge in [0.1, 0.15) is 0 Å². The van der Waals surface area contributed by atoms with E-state index in [4.69, 9.17) is 4.74 Å². The second-order valence-electron chi connectivity index (χ2n) is 5.72. The van der Waals surface area contributed by atoms with E-state index in [2.05, 4.69) is 5.32 Å². The summed E-state index contributed by atoms with van der Waals surface area (Å²) in [4.78, 5) is 23.5. The molecule has 5 heteroatoms. The van der Waals surface area contributed by atoms with Crippen molar-refractivity contribution in [2.45, 2.75) is 50.4 Å². The van der Waals surface area contributed by atoms with Gasteiger partial charge in [-0.25, -0.2) is 0 Å². The lowest BCUT2D eigenvalue weighted by Crippen LogP contribution is -2.46. The minimum absolute atomic E-state index is 0.0756. The Balaban J connectivity index is 1.63. The van der Waals surface area contributed by atoms with Crippen LogP contribution in [0, 0.1) is 11.8 Å². The van der Waals surface area contributed by atoms with Crippen LogP contribution in [0.25, 0.3) is 0 Å². The number of amides is 1. The predicted molar refractivity (Wildman–Crippen MR) is 67.4 cm³/mol. The molecule has 2 saturated heterocycles. The molecule has 1 amide bonds. The summed E-state index contributed by atoms with van der Waals surface area (Å²) in [5, 5.41) is 12.2. The zero-order chi connectivity index (χ0) is 13.4. The number of carbonyl (C=O) groups excluding carboxylic acids is 1. The van der Waals surface area contributed by atoms with Crippen molar-refractivity contribution in [2.75, 3.05) is 0 Å². The molecule has 3 rings (SSSR count). The van der Waals surface area contributed by atoms with Crippen LogP contribution in [0.4, 0.5) is 0 Å². The largest absolute Gasteiger partial charge is 0.481 e. The lowest BCUT2D eigenvalue weighted by atomic mass is 9.82. The summed E-state index contributed by atoms with van der Waals surface area (Å²) in [6.07, 6.45) is 8.10. The third kappa shape index (κ3) is 2.39. The SMILES string of the molecule is O=C(O)C1CC=CCC1C(=O)NC1CC2CCC1O2. The van der Waals surface area contributed by atoms with E-state index in [-0.39, 0.29) is 24.2 Å². The Kier molecular flexibility index (Phi) is 3.31. The normalized spacial score (nSPS) is 40.3. The number of carbonyl (C=O) groups is 2. The lowest BCUT2D eigenvalue weighted by Gasteiger charge is -2.27. The maximum Gasteiger partial charge on any atom is 0.307 e. The van der Waals surface area contributed by atoms with E-state index in [0.717, 1.165) is 19.3 Å². The topological polar surface area (TPSA) is 75.6 Å². The molecule has 5 nitrogen and oxygen atoms in total. The Labute approximate surface area is 112 Å². The van der Waals surface area contributed by atoms with Crippen molar-refractivity contribution >= 4 is 11.9 Å². The van der Waals surface area contributed by atoms with E-state index >= 15 is 0 Å². The van der Waals surface area contributed by atoms with Crippen LogP contribution in [0.3, 0.4) is 0 Å². The average molecular weight is 265 g/mol. The number of hydrogen-bond acceptors (Lipinski definition) is 3. The highest BCUT2D eigenvalue weighted by Crippen LogP contribution is 2.35. The number of carboxylic acids is 1. The monoisotopic (exact) mass is 265 g/mol. The number of fused-ring (bicyclic) bond motifs is 2. The first-order valence-electron chi connectivity index (χ1n) is 6.99. The van der Waals surface area contributed by atoms with Crippen molar-refractivity contribution in [1.29, 1.82) is 0 Å². The van der Waals surface area contributed by atoms with Crippen LogP contribution < -0.4 is 5.32 Å². The van der Waals surface area contributed by atoms with Gasteiger partial charge in [0, 0.05) is 0 Å². The molecular weight excluding hydrogens is 246 g/mol. The van der Waals surface area contributed by atoms with Crippen molar-refractivity contribution in [2.24, 2.45) is 11.8 Å². The Morgan fingerprint density at radius 3 is 2.47 bits per heavy atom. The highest BCUT2D eigenvalue weighted by Gasteiger charge is 2.43. The zero-order valence-corrected chi connectivity index (χ0v) is 10.7. The molecule has 19 heavy (non-hydrogen) atoms. The lowest BCUT2D eigenvalue weighted by molar-refractivity contribution is -0.147. The van der Waals surface area contributed by atoms with Gasteiger partial charge in [0.2, 0.25) is 5.91 Å². The second-order valence-corrected chi connectivity index (χ2v) is 5.72. The molecule has 1 aliphatic carbocycles. The Bertz CT molecular complexity index is 420. The van der Waals surface area contributed by atoms with Gasteiger partial charge in [-0.15, -0.1) is 0 Å². The van der Waals surface area contributed by atoms with Gasteiger partial charge >= 0.3 is 5.97 Å². The van der Waals surface area contributed by atoms with Crippen molar-refractivity contribution in [1.82, 2.24) is 5.32 Å². The highest BCUT2D eigenvalue weighted by molar-refractivity contribution is 5.85. The number of nitrogens with one attached hydrogen (secondary N) is 1. The third-order valence-corrected chi connectivity index (χ3v) is 4.52. The average Bonchev–Trinajstić information content (AvgIpc) is 3.01. The second kappa shape index (κ2) is 4.96. The first-order valence-corrected chi connectivity index (χ1v) is 6.99. The third-order valence-electron chi connectivity index (χ3n) is 4.52. The van der Waals surface area contributed by atoms with Crippen molar-refractivity contribution in [3.05, 3.63) is 12.2 Å². The molecule has 0 aromatic heterocycles. The predicted octanol–water partition coefficient (Wildman–Crippen LogP) is 1.09. The van der Waals surface area contributed by atoms with Crippen LogP contribution in [0.5, 0.6) is 0 Å². The van der Waals surface area contributed by atoms with E-state index in [1.54, 1.807) is 0 Å². The molecule has 2 aliphatic heterocycles. The molecule has 5 atom stereocenters. The van der Waals surface area contributed by atoms with Gasteiger partial charge in [-0.1, -0.05) is 12.2 Å². The summed E-state index contributed by atoms with van der Waals surface area (Å²) < 4.78 is 5.70. The standard InChI is InChI=1S/C14H19NO4/c16-13(9-3-1-2-4-10(9)14(17)18)15-11-7-8-5-6-12(11)19-8/h1-2,8-12H,3-7H2,(H,15,16)(H,17,18). The fourth-order valence-electron chi connectivity index (χ4n) is 3.46. The Morgan fingerprint density at radius 2 is 1.89 bits per heavy atom. The summed E-state index contributed by atoms with van der Waals surface area (Å²) >= 11 is 0. The Morgan fingerprint density at radius 1 is 1.16 bits per heavy atom. The van der Waals surface area contributed by atoms with Gasteiger partial charge in [-0.05, 0) is 32.1 Å². The smallest absolute Gasteiger partial charge is 0.307 e. The van der Waals surface area contributed by atoms with Crippen LogP contribution >= 0.6 is 0 Å². The molecular formula is C14H19NO4. The van der Waals surface area contributed by atoms with Gasteiger partial charge in [-0.3, -0.25) is 9.59 Å². The number of allylic oxidation sites excluding steroid dienone is 2. The van der Waals surface area contributed by atoms with Crippen LogP contribution in [-0.4, -0.2) is 35.2 Å². The molecule has 0 aromatic carbocycles. The first-order chi connectivity index (χ1) is 9.15. The number of ether oxygens (including phenoxy) is 1. The molecule has 0 radical (unpaired) electrons. The minimum Gasteiger partial charge on any atom is -0.481 e. The molecule has 5 unspecified atom stereocenters. The van der Waals surface area contributed by atoms with Crippen LogP contribution in [0.1, 0.15) is 32.1 Å². The summed E-state index contributed by atoms with van der Waals surface area (Å²) in [6.45, 7) is 0. The summed E-state index contributed by atoms with van der Waals surface area (Å²) in [5.74, 6) is -2.04. The fraction of sp³-hybridized carbons (Fsp3) is 0.714. The number of aliphatic carboxylic acids is 1. The molecule has 0 aromatic rings. The summed E-state index contributed by atoms with van der Waals surface area (Å²) in [6, 6.07) is 0.0756. The molecule has 0 saturated carbocycles. The van der Waals surface area contributed by atoms with Crippen molar-refractivity contribution in [3.8, 4) is 0 Å². The van der Waals surface area contributed by atoms with Crippen LogP contribution in [0.15, 0.2) is 12.2 Å². The number of carboxylic acid groups (broad SMARTS) is 1. The molecule has 2 fully saturated rings. The maximum absolute atomic E-state index is 12.3. The van der Waals surface area contributed by atoms with Gasteiger partial charge in [0.05, 0.1) is 30.1 Å². The number of hydrogen-bond donors (Lipinski definition) is 2. The minimum atomic E-state index is -0.881. The van der Waals surface area contributed by atoms with Crippen molar-refractivity contribution < 1.29 is 19.4 Å². The Hall–Kier alpha value is -1.36. The van der Waals surface area contributed by atoms with Gasteiger partial charge in [-0.2, -0.15) is 0 Å². The van der Waals surface area contributed by atoms with Crippen molar-refractivity contribution in [3.63, 3.8) is 0 Å². The summed E-state index contributed by atoms with van der Waals surface area (Å²) in [7, 11) is 0. The first kappa shape index (κ1) is 12.7. The molecule has 2 heterocycles. The maximum atomic E-state index is 12.3. The van der Waals surface area contributed by atoms with Gasteiger partial charge in [0.15, 0.2) is 0 Å². The fourth-order valence-corrected chi connectivity index (χ4v) is 3.46. The van der Waals surface area contributed by atoms with E-state index in [9.17, 15) is 14.7 Å². The van der Waals surface area contributed by atoms with E-state index in [0.29, 0.717) is 12.8 Å². The van der Waals surface area contributed by atoms with E-state index in [1.165, 1.54) is 0 Å². The van der Waals surface area contributed by atoms with Gasteiger partial charge < -0.3 is 15.2 Å². The molecule has 2 bridgehead atoms. The molecule has 0 spiro atoms. The molecule has 104 valence electrons. The van der Waals surface area contributed by atoms with Gasteiger partial charge in [0.25, 0.3) is 0 Å². The number of rotatable bonds is 3. The summed E-state index contributed by atoms with van der Waals surface area (Å²) in [5.41, 5.74) is 0. The molecule has 3 aliphatic rings. The quantitative estimate of drug-likeness (QED) is 0.749. The highest BCUT2D eigenvalue weighted by atomic mass is 16.5. The van der Waals surface area contributed by atoms with E-state index in [1.807, 2.05) is 12.2 Å². The van der Waals surface area contributed by atoms with Crippen LogP contribution in [0.2, 0.25) is 0 Å². The molecule has 2 N–H and O–H groups in total. The van der Waals surface area contributed by atoms with E-state index < -0.39 is 17.8 Å².